The maximum atomic E-state index is 14.9. The maximum Gasteiger partial charge on any atom is 0.325 e. The average molecular weight is 458 g/mol. The van der Waals surface area contributed by atoms with Gasteiger partial charge < -0.3 is 9.84 Å². The van der Waals surface area contributed by atoms with Crippen LogP contribution in [0.15, 0.2) is 66.7 Å². The highest BCUT2D eigenvalue weighted by molar-refractivity contribution is 5.76. The standard InChI is InChI=1S/C29H28FNO3/c1-20-22(10-6-11-25(20)23-8-4-3-5-9-23)15-16-24-14-13-21(18-26(24)30)19-31-17-7-12-27(32)28(31)29(33)34-2/h3-6,8-11,13-14,18,27-28,32H,7,12,17,19H2,1-2H3. The van der Waals surface area contributed by atoms with Gasteiger partial charge in [-0.05, 0) is 66.8 Å². The minimum Gasteiger partial charge on any atom is -0.468 e. The fourth-order valence-electron chi connectivity index (χ4n) is 4.48. The van der Waals surface area contributed by atoms with Crippen molar-refractivity contribution < 1.29 is 19.0 Å². The number of aliphatic hydroxyl groups excluding tert-OH is 1. The van der Waals surface area contributed by atoms with E-state index in [1.165, 1.54) is 13.2 Å². The summed E-state index contributed by atoms with van der Waals surface area (Å²) in [5, 5.41) is 10.3. The van der Waals surface area contributed by atoms with Gasteiger partial charge in [-0.3, -0.25) is 9.69 Å². The van der Waals surface area contributed by atoms with Crippen molar-refractivity contribution in [2.45, 2.75) is 38.5 Å². The molecule has 1 saturated heterocycles. The topological polar surface area (TPSA) is 49.8 Å². The predicted molar refractivity (Wildman–Crippen MR) is 130 cm³/mol. The zero-order valence-electron chi connectivity index (χ0n) is 19.4. The molecule has 4 nitrogen and oxygen atoms in total. The molecule has 1 N–H and O–H groups in total. The first-order valence-electron chi connectivity index (χ1n) is 11.4. The summed E-state index contributed by atoms with van der Waals surface area (Å²) in [6.45, 7) is 3.01. The predicted octanol–water partition coefficient (Wildman–Crippen LogP) is 4.70. The summed E-state index contributed by atoms with van der Waals surface area (Å²) in [5.74, 6) is 5.21. The highest BCUT2D eigenvalue weighted by atomic mass is 19.1. The largest absolute Gasteiger partial charge is 0.468 e. The van der Waals surface area contributed by atoms with Crippen molar-refractivity contribution in [3.05, 3.63) is 94.8 Å². The van der Waals surface area contributed by atoms with E-state index in [2.05, 4.69) is 30.0 Å². The van der Waals surface area contributed by atoms with Crippen LogP contribution >= 0.6 is 0 Å². The van der Waals surface area contributed by atoms with Gasteiger partial charge in [-0.25, -0.2) is 4.39 Å². The lowest BCUT2D eigenvalue weighted by molar-refractivity contribution is -0.154. The number of carbonyl (C=O) groups excluding carboxylic acids is 1. The van der Waals surface area contributed by atoms with Crippen LogP contribution in [0.3, 0.4) is 0 Å². The molecule has 174 valence electrons. The summed E-state index contributed by atoms with van der Waals surface area (Å²) in [7, 11) is 1.31. The van der Waals surface area contributed by atoms with Gasteiger partial charge in [0.05, 0.1) is 18.8 Å². The molecule has 0 amide bonds. The van der Waals surface area contributed by atoms with E-state index >= 15 is 0 Å². The number of aliphatic hydroxyl groups is 1. The molecule has 0 saturated carbocycles. The molecule has 3 aromatic rings. The molecule has 1 aliphatic heterocycles. The van der Waals surface area contributed by atoms with Crippen LogP contribution in [0.4, 0.5) is 4.39 Å². The van der Waals surface area contributed by atoms with Gasteiger partial charge in [0.1, 0.15) is 11.9 Å². The molecule has 1 heterocycles. The van der Waals surface area contributed by atoms with Gasteiger partial charge in [-0.1, -0.05) is 60.4 Å². The van der Waals surface area contributed by atoms with E-state index < -0.39 is 23.9 Å². The number of benzene rings is 3. The highest BCUT2D eigenvalue weighted by Crippen LogP contribution is 2.25. The Kier molecular flexibility index (Phi) is 7.42. The summed E-state index contributed by atoms with van der Waals surface area (Å²) in [4.78, 5) is 14.0. The smallest absolute Gasteiger partial charge is 0.325 e. The number of esters is 1. The Morgan fingerprint density at radius 3 is 2.59 bits per heavy atom. The normalized spacial score (nSPS) is 18.1. The van der Waals surface area contributed by atoms with Gasteiger partial charge in [0.2, 0.25) is 0 Å². The monoisotopic (exact) mass is 457 g/mol. The van der Waals surface area contributed by atoms with Gasteiger partial charge in [0, 0.05) is 12.1 Å². The molecule has 1 fully saturated rings. The molecule has 2 unspecified atom stereocenters. The van der Waals surface area contributed by atoms with Gasteiger partial charge in [-0.2, -0.15) is 0 Å². The first-order chi connectivity index (χ1) is 16.5. The molecule has 4 rings (SSSR count). The number of ether oxygens (including phenoxy) is 1. The van der Waals surface area contributed by atoms with Crippen molar-refractivity contribution in [2.75, 3.05) is 13.7 Å². The number of halogens is 1. The highest BCUT2D eigenvalue weighted by Gasteiger charge is 2.36. The molecule has 34 heavy (non-hydrogen) atoms. The lowest BCUT2D eigenvalue weighted by atomic mass is 9.96. The third kappa shape index (κ3) is 5.20. The van der Waals surface area contributed by atoms with Crippen LogP contribution in [0, 0.1) is 24.6 Å². The number of piperidine rings is 1. The number of methoxy groups -OCH3 is 1. The average Bonchev–Trinajstić information content (AvgIpc) is 2.84. The van der Waals surface area contributed by atoms with Crippen molar-refractivity contribution in [1.82, 2.24) is 4.90 Å². The maximum absolute atomic E-state index is 14.9. The summed E-state index contributed by atoms with van der Waals surface area (Å²) in [6, 6.07) is 20.3. The first-order valence-corrected chi connectivity index (χ1v) is 11.4. The Morgan fingerprint density at radius 1 is 1.09 bits per heavy atom. The molecular formula is C29H28FNO3. The second-order valence-electron chi connectivity index (χ2n) is 8.56. The molecule has 0 aromatic heterocycles. The summed E-state index contributed by atoms with van der Waals surface area (Å²) in [6.07, 6.45) is 0.526. The second-order valence-corrected chi connectivity index (χ2v) is 8.56. The van der Waals surface area contributed by atoms with Crippen molar-refractivity contribution in [2.24, 2.45) is 0 Å². The van der Waals surface area contributed by atoms with E-state index in [1.807, 2.05) is 48.2 Å². The van der Waals surface area contributed by atoms with Crippen molar-refractivity contribution in [3.63, 3.8) is 0 Å². The van der Waals surface area contributed by atoms with Crippen molar-refractivity contribution in [3.8, 4) is 23.0 Å². The third-order valence-electron chi connectivity index (χ3n) is 6.32. The molecular weight excluding hydrogens is 429 g/mol. The molecule has 5 heteroatoms. The summed E-state index contributed by atoms with van der Waals surface area (Å²) >= 11 is 0. The van der Waals surface area contributed by atoms with Crippen LogP contribution < -0.4 is 0 Å². The number of nitrogens with zero attached hydrogens (tertiary/aromatic N) is 1. The Morgan fingerprint density at radius 2 is 1.85 bits per heavy atom. The Bertz CT molecular complexity index is 1230. The third-order valence-corrected chi connectivity index (χ3v) is 6.32. The molecule has 3 aromatic carbocycles. The van der Waals surface area contributed by atoms with Gasteiger partial charge >= 0.3 is 5.97 Å². The number of carbonyl (C=O) groups is 1. The van der Waals surface area contributed by atoms with Gasteiger partial charge in [0.15, 0.2) is 0 Å². The van der Waals surface area contributed by atoms with E-state index in [0.29, 0.717) is 30.6 Å². The number of likely N-dealkylation sites (tertiary alicyclic amines) is 1. The Labute approximate surface area is 200 Å². The number of hydrogen-bond acceptors (Lipinski definition) is 4. The molecule has 0 bridgehead atoms. The van der Waals surface area contributed by atoms with Crippen molar-refractivity contribution >= 4 is 5.97 Å². The molecule has 0 spiro atoms. The molecule has 1 aliphatic rings. The Hall–Kier alpha value is -3.46. The van der Waals surface area contributed by atoms with E-state index in [-0.39, 0.29) is 0 Å². The molecule has 0 radical (unpaired) electrons. The van der Waals surface area contributed by atoms with Gasteiger partial charge in [-0.15, -0.1) is 0 Å². The van der Waals surface area contributed by atoms with Crippen LogP contribution in [0.2, 0.25) is 0 Å². The first kappa shape index (κ1) is 23.7. The zero-order valence-corrected chi connectivity index (χ0v) is 19.4. The fraction of sp³-hybridized carbons (Fsp3) is 0.276. The van der Waals surface area contributed by atoms with E-state index in [0.717, 1.165) is 28.7 Å². The SMILES string of the molecule is COC(=O)C1C(O)CCCN1Cc1ccc(C#Cc2cccc(-c3ccccc3)c2C)c(F)c1. The van der Waals surface area contributed by atoms with Crippen molar-refractivity contribution in [1.29, 1.82) is 0 Å². The fourth-order valence-corrected chi connectivity index (χ4v) is 4.48. The summed E-state index contributed by atoms with van der Waals surface area (Å²) in [5.41, 5.74) is 5.16. The van der Waals surface area contributed by atoms with Crippen LogP contribution in [0.25, 0.3) is 11.1 Å². The van der Waals surface area contributed by atoms with Crippen LogP contribution in [-0.2, 0) is 16.1 Å². The van der Waals surface area contributed by atoms with Crippen LogP contribution in [0.5, 0.6) is 0 Å². The van der Waals surface area contributed by atoms with Gasteiger partial charge in [0.25, 0.3) is 0 Å². The molecule has 2 atom stereocenters. The quantitative estimate of drug-likeness (QED) is 0.456. The minimum absolute atomic E-state index is 0.316. The van der Waals surface area contributed by atoms with Crippen LogP contribution in [0.1, 0.15) is 35.1 Å². The number of hydrogen-bond donors (Lipinski definition) is 1. The van der Waals surface area contributed by atoms with E-state index in [1.54, 1.807) is 6.07 Å². The van der Waals surface area contributed by atoms with Crippen LogP contribution in [-0.4, -0.2) is 41.8 Å². The molecule has 0 aliphatic carbocycles. The van der Waals surface area contributed by atoms with E-state index in [4.69, 9.17) is 4.74 Å². The lowest BCUT2D eigenvalue weighted by Gasteiger charge is -2.37. The number of rotatable bonds is 4. The Balaban J connectivity index is 1.54. The lowest BCUT2D eigenvalue weighted by Crippen LogP contribution is -2.52. The minimum atomic E-state index is -0.786. The second kappa shape index (κ2) is 10.6. The van der Waals surface area contributed by atoms with E-state index in [9.17, 15) is 14.3 Å². The zero-order chi connectivity index (χ0) is 24.1. The summed E-state index contributed by atoms with van der Waals surface area (Å²) < 4.78 is 19.7.